The van der Waals surface area contributed by atoms with Gasteiger partial charge >= 0.3 is 0 Å². The molecule has 1 aliphatic rings. The minimum absolute atomic E-state index is 0.172. The molecule has 7 heteroatoms. The van der Waals surface area contributed by atoms with Crippen LogP contribution in [0.25, 0.3) is 0 Å². The zero-order chi connectivity index (χ0) is 15.3. The minimum Gasteiger partial charge on any atom is -0.384 e. The van der Waals surface area contributed by atoms with Crippen molar-refractivity contribution in [3.05, 3.63) is 21.9 Å². The molecule has 2 rings (SSSR count). The highest BCUT2D eigenvalue weighted by Gasteiger charge is 2.28. The van der Waals surface area contributed by atoms with Crippen LogP contribution in [0.4, 0.5) is 0 Å². The molecule has 0 spiro atoms. The predicted octanol–water partition coefficient (Wildman–Crippen LogP) is 1.25. The van der Waals surface area contributed by atoms with E-state index >= 15 is 0 Å². The highest BCUT2D eigenvalue weighted by molar-refractivity contribution is 7.86. The Kier molecular flexibility index (Phi) is 5.79. The number of hydrogen-bond donors (Lipinski definition) is 1. The molecule has 0 unspecified atom stereocenters. The van der Waals surface area contributed by atoms with Crippen LogP contribution in [-0.4, -0.2) is 48.9 Å². The average molecular weight is 328 g/mol. The normalized spacial score (nSPS) is 16.7. The SMILES string of the molecule is CN(Cc1cc(C#CCO)cs1)S(=O)(=O)N1CCCCC1. The van der Waals surface area contributed by atoms with Gasteiger partial charge in [0.15, 0.2) is 0 Å². The summed E-state index contributed by atoms with van der Waals surface area (Å²) in [4.78, 5) is 0.945. The first-order valence-electron chi connectivity index (χ1n) is 6.92. The van der Waals surface area contributed by atoms with E-state index in [-0.39, 0.29) is 6.61 Å². The summed E-state index contributed by atoms with van der Waals surface area (Å²) in [7, 11) is -1.76. The average Bonchev–Trinajstić information content (AvgIpc) is 2.93. The molecule has 1 aliphatic heterocycles. The van der Waals surface area contributed by atoms with Crippen LogP contribution >= 0.6 is 11.3 Å². The van der Waals surface area contributed by atoms with E-state index in [2.05, 4.69) is 11.8 Å². The Balaban J connectivity index is 2.02. The Morgan fingerprint density at radius 1 is 1.38 bits per heavy atom. The third kappa shape index (κ3) is 4.28. The van der Waals surface area contributed by atoms with Gasteiger partial charge in [0.2, 0.25) is 0 Å². The monoisotopic (exact) mass is 328 g/mol. The second-order valence-electron chi connectivity index (χ2n) is 4.99. The fraction of sp³-hybridized carbons (Fsp3) is 0.571. The van der Waals surface area contributed by atoms with Gasteiger partial charge in [0.25, 0.3) is 10.2 Å². The van der Waals surface area contributed by atoms with Crippen molar-refractivity contribution in [2.75, 3.05) is 26.7 Å². The number of hydrogen-bond acceptors (Lipinski definition) is 4. The van der Waals surface area contributed by atoms with Crippen LogP contribution in [0.5, 0.6) is 0 Å². The van der Waals surface area contributed by atoms with Gasteiger partial charge in [-0.3, -0.25) is 0 Å². The summed E-state index contributed by atoms with van der Waals surface area (Å²) in [6, 6.07) is 1.87. The van der Waals surface area contributed by atoms with Crippen molar-refractivity contribution in [2.45, 2.75) is 25.8 Å². The molecule has 0 aliphatic carbocycles. The molecule has 1 saturated heterocycles. The number of aliphatic hydroxyl groups is 1. The van der Waals surface area contributed by atoms with Gasteiger partial charge in [-0.15, -0.1) is 11.3 Å². The van der Waals surface area contributed by atoms with Crippen molar-refractivity contribution in [1.82, 2.24) is 8.61 Å². The van der Waals surface area contributed by atoms with E-state index in [4.69, 9.17) is 5.11 Å². The van der Waals surface area contributed by atoms with Crippen molar-refractivity contribution in [3.63, 3.8) is 0 Å². The fourth-order valence-corrected chi connectivity index (χ4v) is 4.63. The van der Waals surface area contributed by atoms with Crippen molar-refractivity contribution in [2.24, 2.45) is 0 Å². The Morgan fingerprint density at radius 2 is 2.10 bits per heavy atom. The molecular formula is C14H20N2O3S2. The van der Waals surface area contributed by atoms with Gasteiger partial charge in [-0.05, 0) is 18.9 Å². The Labute approximate surface area is 130 Å². The number of thiophene rings is 1. The zero-order valence-corrected chi connectivity index (χ0v) is 13.7. The van der Waals surface area contributed by atoms with E-state index in [1.165, 1.54) is 15.6 Å². The summed E-state index contributed by atoms with van der Waals surface area (Å²) in [5.41, 5.74) is 0.813. The molecule has 0 radical (unpaired) electrons. The molecule has 0 aromatic carbocycles. The largest absolute Gasteiger partial charge is 0.384 e. The maximum Gasteiger partial charge on any atom is 0.282 e. The van der Waals surface area contributed by atoms with Crippen LogP contribution in [-0.2, 0) is 16.8 Å². The number of rotatable bonds is 4. The molecule has 2 heterocycles. The lowest BCUT2D eigenvalue weighted by atomic mass is 10.2. The molecule has 0 atom stereocenters. The smallest absolute Gasteiger partial charge is 0.282 e. The Bertz CT molecular complexity index is 622. The van der Waals surface area contributed by atoms with Crippen molar-refractivity contribution in [3.8, 4) is 11.8 Å². The maximum atomic E-state index is 12.5. The predicted molar refractivity (Wildman–Crippen MR) is 84.1 cm³/mol. The molecule has 1 aromatic rings. The van der Waals surface area contributed by atoms with Crippen molar-refractivity contribution < 1.29 is 13.5 Å². The maximum absolute atomic E-state index is 12.5. The summed E-state index contributed by atoms with van der Waals surface area (Å²) >= 11 is 1.48. The van der Waals surface area contributed by atoms with Crippen LogP contribution in [0, 0.1) is 11.8 Å². The summed E-state index contributed by atoms with van der Waals surface area (Å²) in [5, 5.41) is 10.5. The first kappa shape index (κ1) is 16.5. The molecule has 116 valence electrons. The van der Waals surface area contributed by atoms with E-state index in [1.54, 1.807) is 11.4 Å². The lowest BCUT2D eigenvalue weighted by Crippen LogP contribution is -2.43. The number of piperidine rings is 1. The van der Waals surface area contributed by atoms with Crippen molar-refractivity contribution in [1.29, 1.82) is 0 Å². The highest BCUT2D eigenvalue weighted by Crippen LogP contribution is 2.20. The van der Waals surface area contributed by atoms with Gasteiger partial charge in [0, 0.05) is 42.5 Å². The Morgan fingerprint density at radius 3 is 2.76 bits per heavy atom. The van der Waals surface area contributed by atoms with Crippen molar-refractivity contribution >= 4 is 21.5 Å². The van der Waals surface area contributed by atoms with E-state index < -0.39 is 10.2 Å². The summed E-state index contributed by atoms with van der Waals surface area (Å²) < 4.78 is 27.9. The first-order chi connectivity index (χ1) is 10.0. The third-order valence-electron chi connectivity index (χ3n) is 3.38. The summed E-state index contributed by atoms with van der Waals surface area (Å²) in [6.45, 7) is 1.41. The van der Waals surface area contributed by atoms with Gasteiger partial charge in [-0.1, -0.05) is 18.3 Å². The fourth-order valence-electron chi connectivity index (χ4n) is 2.26. The third-order valence-corrected chi connectivity index (χ3v) is 6.24. The van der Waals surface area contributed by atoms with Gasteiger partial charge in [0.1, 0.15) is 6.61 Å². The van der Waals surface area contributed by atoms with Crippen LogP contribution < -0.4 is 0 Å². The number of nitrogens with zero attached hydrogens (tertiary/aromatic N) is 2. The molecular weight excluding hydrogens is 308 g/mol. The summed E-state index contributed by atoms with van der Waals surface area (Å²) in [5.74, 6) is 5.41. The highest BCUT2D eigenvalue weighted by atomic mass is 32.2. The molecule has 21 heavy (non-hydrogen) atoms. The molecule has 1 fully saturated rings. The van der Waals surface area contributed by atoms with Crippen LogP contribution in [0.2, 0.25) is 0 Å². The topological polar surface area (TPSA) is 60.9 Å². The molecule has 0 amide bonds. The second kappa shape index (κ2) is 7.38. The molecule has 1 N–H and O–H groups in total. The lowest BCUT2D eigenvalue weighted by molar-refractivity contribution is 0.314. The van der Waals surface area contributed by atoms with E-state index in [0.29, 0.717) is 19.6 Å². The molecule has 0 saturated carbocycles. The second-order valence-corrected chi connectivity index (χ2v) is 8.02. The van der Waals surface area contributed by atoms with Gasteiger partial charge < -0.3 is 5.11 Å². The van der Waals surface area contributed by atoms with E-state index in [0.717, 1.165) is 29.7 Å². The molecule has 5 nitrogen and oxygen atoms in total. The zero-order valence-electron chi connectivity index (χ0n) is 12.1. The van der Waals surface area contributed by atoms with Gasteiger partial charge in [0.05, 0.1) is 0 Å². The van der Waals surface area contributed by atoms with Crippen LogP contribution in [0.1, 0.15) is 29.7 Å². The lowest BCUT2D eigenvalue weighted by Gasteiger charge is -2.29. The van der Waals surface area contributed by atoms with E-state index in [1.807, 2.05) is 11.4 Å². The molecule has 1 aromatic heterocycles. The van der Waals surface area contributed by atoms with E-state index in [9.17, 15) is 8.42 Å². The minimum atomic E-state index is -3.37. The van der Waals surface area contributed by atoms with Gasteiger partial charge in [-0.2, -0.15) is 17.0 Å². The van der Waals surface area contributed by atoms with Crippen LogP contribution in [0.3, 0.4) is 0 Å². The quantitative estimate of drug-likeness (QED) is 0.847. The van der Waals surface area contributed by atoms with Crippen LogP contribution in [0.15, 0.2) is 11.4 Å². The summed E-state index contributed by atoms with van der Waals surface area (Å²) in [6.07, 6.45) is 2.98. The first-order valence-corrected chi connectivity index (χ1v) is 9.20. The molecule has 0 bridgehead atoms. The standard InChI is InChI=1S/C14H20N2O3S2/c1-15(21(18,19)16-7-3-2-4-8-16)11-14-10-13(12-20-14)6-5-9-17/h10,12,17H,2-4,7-9,11H2,1H3. The Hall–Kier alpha value is -0.910. The van der Waals surface area contributed by atoms with Gasteiger partial charge in [-0.25, -0.2) is 0 Å². The number of aliphatic hydroxyl groups excluding tert-OH is 1.